The molecule has 0 heterocycles. The fourth-order valence-electron chi connectivity index (χ4n) is 1.40. The monoisotopic (exact) mass is 212 g/mol. The van der Waals surface area contributed by atoms with Gasteiger partial charge in [-0.3, -0.25) is 0 Å². The van der Waals surface area contributed by atoms with Gasteiger partial charge in [-0.1, -0.05) is 0 Å². The minimum atomic E-state index is -0.0426. The van der Waals surface area contributed by atoms with Gasteiger partial charge in [0.2, 0.25) is 0 Å². The van der Waals surface area contributed by atoms with Gasteiger partial charge in [-0.25, -0.2) is 0 Å². The maximum atomic E-state index is 9.18. The van der Waals surface area contributed by atoms with Gasteiger partial charge in [0.05, 0.1) is 27.4 Å². The van der Waals surface area contributed by atoms with Crippen LogP contribution in [0.5, 0.6) is 11.5 Å². The lowest BCUT2D eigenvalue weighted by atomic mass is 10.1. The number of hydrogen-bond donors (Lipinski definition) is 1. The molecule has 4 heteroatoms. The van der Waals surface area contributed by atoms with Crippen LogP contribution < -0.4 is 9.47 Å². The van der Waals surface area contributed by atoms with E-state index in [1.54, 1.807) is 27.4 Å². The van der Waals surface area contributed by atoms with Gasteiger partial charge >= 0.3 is 0 Å². The normalized spacial score (nSPS) is 10.1. The molecular formula is C11H16O4. The molecular weight excluding hydrogens is 196 g/mol. The molecule has 0 bridgehead atoms. The molecule has 0 aliphatic heterocycles. The Kier molecular flexibility index (Phi) is 4.39. The Labute approximate surface area is 89.4 Å². The average molecular weight is 212 g/mol. The number of hydrogen-bond acceptors (Lipinski definition) is 4. The van der Waals surface area contributed by atoms with Crippen molar-refractivity contribution in [3.63, 3.8) is 0 Å². The van der Waals surface area contributed by atoms with Crippen LogP contribution in [0, 0.1) is 0 Å². The Balaban J connectivity index is 3.15. The molecule has 1 aromatic carbocycles. The van der Waals surface area contributed by atoms with E-state index in [9.17, 15) is 5.11 Å². The van der Waals surface area contributed by atoms with Crippen LogP contribution in [0.25, 0.3) is 0 Å². The topological polar surface area (TPSA) is 47.9 Å². The molecule has 0 spiro atoms. The van der Waals surface area contributed by atoms with Crippen molar-refractivity contribution < 1.29 is 19.3 Å². The summed E-state index contributed by atoms with van der Waals surface area (Å²) in [5.74, 6) is 1.25. The number of aliphatic hydroxyl groups is 1. The van der Waals surface area contributed by atoms with E-state index in [0.717, 1.165) is 11.1 Å². The third-order valence-electron chi connectivity index (χ3n) is 2.18. The van der Waals surface area contributed by atoms with Crippen molar-refractivity contribution in [1.82, 2.24) is 0 Å². The average Bonchev–Trinajstić information content (AvgIpc) is 2.28. The van der Waals surface area contributed by atoms with Crippen molar-refractivity contribution >= 4 is 0 Å². The molecule has 0 saturated carbocycles. The Morgan fingerprint density at radius 1 is 1.00 bits per heavy atom. The standard InChI is InChI=1S/C11H16O4/c1-13-7-9-5-11(15-3)10(14-2)4-8(9)6-12/h4-5,12H,6-7H2,1-3H3. The van der Waals surface area contributed by atoms with Crippen LogP contribution in [-0.4, -0.2) is 26.4 Å². The van der Waals surface area contributed by atoms with Gasteiger partial charge in [0.25, 0.3) is 0 Å². The second-order valence-corrected chi connectivity index (χ2v) is 3.07. The van der Waals surface area contributed by atoms with Crippen LogP contribution in [0.2, 0.25) is 0 Å². The van der Waals surface area contributed by atoms with E-state index in [4.69, 9.17) is 14.2 Å². The van der Waals surface area contributed by atoms with E-state index in [2.05, 4.69) is 0 Å². The van der Waals surface area contributed by atoms with E-state index >= 15 is 0 Å². The van der Waals surface area contributed by atoms with Crippen molar-refractivity contribution in [3.05, 3.63) is 23.3 Å². The van der Waals surface area contributed by atoms with Gasteiger partial charge in [-0.15, -0.1) is 0 Å². The summed E-state index contributed by atoms with van der Waals surface area (Å²) in [6.45, 7) is 0.398. The molecule has 0 aliphatic rings. The zero-order valence-corrected chi connectivity index (χ0v) is 9.24. The summed E-state index contributed by atoms with van der Waals surface area (Å²) in [5, 5.41) is 9.18. The highest BCUT2D eigenvalue weighted by Crippen LogP contribution is 2.30. The summed E-state index contributed by atoms with van der Waals surface area (Å²) in [7, 11) is 4.75. The second kappa shape index (κ2) is 5.58. The van der Waals surface area contributed by atoms with Crippen LogP contribution in [-0.2, 0) is 18.0 Å². The minimum Gasteiger partial charge on any atom is -0.493 e. The molecule has 4 nitrogen and oxygen atoms in total. The third-order valence-corrected chi connectivity index (χ3v) is 2.18. The summed E-state index contributed by atoms with van der Waals surface area (Å²) in [6, 6.07) is 3.57. The molecule has 0 aromatic heterocycles. The van der Waals surface area contributed by atoms with Crippen molar-refractivity contribution in [3.8, 4) is 11.5 Å². The highest BCUT2D eigenvalue weighted by molar-refractivity contribution is 5.47. The van der Waals surface area contributed by atoms with Crippen LogP contribution in [0.3, 0.4) is 0 Å². The predicted molar refractivity (Wildman–Crippen MR) is 56.2 cm³/mol. The van der Waals surface area contributed by atoms with E-state index < -0.39 is 0 Å². The SMILES string of the molecule is COCc1cc(OC)c(OC)cc1CO. The first kappa shape index (κ1) is 11.8. The highest BCUT2D eigenvalue weighted by atomic mass is 16.5. The fourth-order valence-corrected chi connectivity index (χ4v) is 1.40. The molecule has 0 aliphatic carbocycles. The van der Waals surface area contributed by atoms with E-state index in [-0.39, 0.29) is 6.61 Å². The maximum Gasteiger partial charge on any atom is 0.161 e. The van der Waals surface area contributed by atoms with Gasteiger partial charge in [-0.2, -0.15) is 0 Å². The van der Waals surface area contributed by atoms with Gasteiger partial charge in [0, 0.05) is 7.11 Å². The molecule has 84 valence electrons. The van der Waals surface area contributed by atoms with E-state index in [1.807, 2.05) is 6.07 Å². The van der Waals surface area contributed by atoms with Gasteiger partial charge in [0.1, 0.15) is 0 Å². The zero-order valence-electron chi connectivity index (χ0n) is 9.24. The molecule has 0 radical (unpaired) electrons. The summed E-state index contributed by atoms with van der Waals surface area (Å²) in [4.78, 5) is 0. The number of rotatable bonds is 5. The summed E-state index contributed by atoms with van der Waals surface area (Å²) in [6.07, 6.45) is 0. The smallest absolute Gasteiger partial charge is 0.161 e. The lowest BCUT2D eigenvalue weighted by molar-refractivity contribution is 0.181. The molecule has 1 aromatic rings. The molecule has 0 amide bonds. The Morgan fingerprint density at radius 3 is 1.93 bits per heavy atom. The Morgan fingerprint density at radius 2 is 1.53 bits per heavy atom. The molecule has 0 saturated heterocycles. The first-order chi connectivity index (χ1) is 7.26. The van der Waals surface area contributed by atoms with Gasteiger partial charge in [0.15, 0.2) is 11.5 Å². The summed E-state index contributed by atoms with van der Waals surface area (Å²) >= 11 is 0. The Hall–Kier alpha value is -1.26. The summed E-state index contributed by atoms with van der Waals surface area (Å²) < 4.78 is 15.3. The van der Waals surface area contributed by atoms with E-state index in [0.29, 0.717) is 18.1 Å². The third kappa shape index (κ3) is 2.61. The van der Waals surface area contributed by atoms with Crippen LogP contribution in [0.1, 0.15) is 11.1 Å². The lowest BCUT2D eigenvalue weighted by Gasteiger charge is -2.13. The predicted octanol–water partition coefficient (Wildman–Crippen LogP) is 1.34. The first-order valence-corrected chi connectivity index (χ1v) is 4.60. The van der Waals surface area contributed by atoms with Crippen LogP contribution >= 0.6 is 0 Å². The van der Waals surface area contributed by atoms with Crippen LogP contribution in [0.4, 0.5) is 0 Å². The van der Waals surface area contributed by atoms with Crippen molar-refractivity contribution in [1.29, 1.82) is 0 Å². The number of methoxy groups -OCH3 is 3. The van der Waals surface area contributed by atoms with Gasteiger partial charge < -0.3 is 19.3 Å². The van der Waals surface area contributed by atoms with Crippen molar-refractivity contribution in [2.24, 2.45) is 0 Å². The van der Waals surface area contributed by atoms with Crippen molar-refractivity contribution in [2.75, 3.05) is 21.3 Å². The maximum absolute atomic E-state index is 9.18. The van der Waals surface area contributed by atoms with Crippen molar-refractivity contribution in [2.45, 2.75) is 13.2 Å². The highest BCUT2D eigenvalue weighted by Gasteiger charge is 2.10. The number of aliphatic hydroxyl groups excluding tert-OH is 1. The zero-order chi connectivity index (χ0) is 11.3. The van der Waals surface area contributed by atoms with Crippen LogP contribution in [0.15, 0.2) is 12.1 Å². The Bertz CT molecular complexity index is 323. The number of ether oxygens (including phenoxy) is 3. The largest absolute Gasteiger partial charge is 0.493 e. The quantitative estimate of drug-likeness (QED) is 0.800. The molecule has 0 unspecified atom stereocenters. The first-order valence-electron chi connectivity index (χ1n) is 4.60. The number of benzene rings is 1. The molecule has 1 N–H and O–H groups in total. The van der Waals surface area contributed by atoms with Gasteiger partial charge in [-0.05, 0) is 23.3 Å². The second-order valence-electron chi connectivity index (χ2n) is 3.07. The molecule has 1 rings (SSSR count). The summed E-state index contributed by atoms with van der Waals surface area (Å²) in [5.41, 5.74) is 1.69. The molecule has 0 fully saturated rings. The minimum absolute atomic E-state index is 0.0426. The lowest BCUT2D eigenvalue weighted by Crippen LogP contribution is -1.99. The fraction of sp³-hybridized carbons (Fsp3) is 0.455. The van der Waals surface area contributed by atoms with E-state index in [1.165, 1.54) is 0 Å². The molecule has 0 atom stereocenters. The molecule has 15 heavy (non-hydrogen) atoms.